The molecule has 6 nitrogen and oxygen atoms in total. The molecule has 3 aromatic rings. The Morgan fingerprint density at radius 2 is 1.77 bits per heavy atom. The van der Waals surface area contributed by atoms with Gasteiger partial charge in [-0.2, -0.15) is 13.2 Å². The summed E-state index contributed by atoms with van der Waals surface area (Å²) in [6.07, 6.45) is -4.16. The van der Waals surface area contributed by atoms with E-state index >= 15 is 0 Å². The van der Waals surface area contributed by atoms with Crippen molar-refractivity contribution in [2.24, 2.45) is 0 Å². The Morgan fingerprint density at radius 3 is 2.51 bits per heavy atom. The van der Waals surface area contributed by atoms with Crippen LogP contribution in [0.15, 0.2) is 30.3 Å². The first-order valence-electron chi connectivity index (χ1n) is 12.0. The van der Waals surface area contributed by atoms with Crippen LogP contribution in [-0.4, -0.2) is 47.6 Å². The molecule has 2 unspecified atom stereocenters. The molecule has 0 saturated carbocycles. The van der Waals surface area contributed by atoms with Gasteiger partial charge in [0.25, 0.3) is 0 Å². The molecule has 9 heteroatoms. The number of halogens is 3. The second kappa shape index (κ2) is 9.28. The molecule has 1 aromatic heterocycles. The van der Waals surface area contributed by atoms with Gasteiger partial charge in [0.1, 0.15) is 11.6 Å². The number of fused-ring (bicyclic) bond motifs is 3. The molecule has 2 heterocycles. The molecular formula is C26H29F3N4O2. The number of aliphatic hydroxyl groups is 1. The van der Waals surface area contributed by atoms with Crippen LogP contribution in [0.5, 0.6) is 0 Å². The van der Waals surface area contributed by atoms with E-state index in [4.69, 9.17) is 9.72 Å². The zero-order valence-electron chi connectivity index (χ0n) is 19.8. The summed E-state index contributed by atoms with van der Waals surface area (Å²) in [7, 11) is 0. The van der Waals surface area contributed by atoms with Crippen molar-refractivity contribution in [3.8, 4) is 0 Å². The highest BCUT2D eigenvalue weighted by Crippen LogP contribution is 2.40. The maximum absolute atomic E-state index is 13.0. The molecule has 0 radical (unpaired) electrons. The summed E-state index contributed by atoms with van der Waals surface area (Å²) in [5.74, 6) is 1.30. The lowest BCUT2D eigenvalue weighted by Crippen LogP contribution is -2.36. The first-order valence-corrected chi connectivity index (χ1v) is 12.0. The summed E-state index contributed by atoms with van der Waals surface area (Å²) in [6, 6.07) is 7.78. The second-order valence-electron chi connectivity index (χ2n) is 9.30. The van der Waals surface area contributed by atoms with Crippen LogP contribution in [0.1, 0.15) is 53.6 Å². The van der Waals surface area contributed by atoms with E-state index in [1.54, 1.807) is 6.07 Å². The fourth-order valence-corrected chi connectivity index (χ4v) is 5.13. The Balaban J connectivity index is 1.53. The standard InChI is InChI=1S/C26H29F3N4O2/c1-15(17-5-3-6-18(13-17)24(34)26(27,28)29)30-25-21-14-22(33-9-11-35-12-10-33)19-7-4-8-20(19)23(21)31-16(2)32-25/h3,5-6,13-15,24,34H,4,7-12H2,1-2H3,(H,30,31,32). The number of aromatic nitrogens is 2. The van der Waals surface area contributed by atoms with E-state index in [2.05, 4.69) is 21.3 Å². The SMILES string of the molecule is Cc1nc(NC(C)c2cccc(C(O)C(F)(F)F)c2)c2cc(N3CCOCC3)c3c(c2n1)CCC3. The Labute approximate surface area is 202 Å². The summed E-state index contributed by atoms with van der Waals surface area (Å²) in [6.45, 7) is 6.78. The van der Waals surface area contributed by atoms with Crippen molar-refractivity contribution >= 4 is 22.4 Å². The molecule has 0 bridgehead atoms. The van der Waals surface area contributed by atoms with Crippen molar-refractivity contribution in [3.05, 3.63) is 58.4 Å². The van der Waals surface area contributed by atoms with Gasteiger partial charge >= 0.3 is 6.18 Å². The van der Waals surface area contributed by atoms with Gasteiger partial charge in [-0.1, -0.05) is 24.3 Å². The monoisotopic (exact) mass is 486 g/mol. The Bertz CT molecular complexity index is 1240. The molecule has 35 heavy (non-hydrogen) atoms. The van der Waals surface area contributed by atoms with Gasteiger partial charge in [0.2, 0.25) is 0 Å². The highest BCUT2D eigenvalue weighted by molar-refractivity contribution is 5.96. The summed E-state index contributed by atoms with van der Waals surface area (Å²) in [5.41, 5.74) is 5.21. The van der Waals surface area contributed by atoms with Crippen molar-refractivity contribution < 1.29 is 23.0 Å². The molecule has 2 atom stereocenters. The van der Waals surface area contributed by atoms with Crippen LogP contribution in [0.4, 0.5) is 24.7 Å². The summed E-state index contributed by atoms with van der Waals surface area (Å²) >= 11 is 0. The van der Waals surface area contributed by atoms with Crippen molar-refractivity contribution in [3.63, 3.8) is 0 Å². The van der Waals surface area contributed by atoms with Crippen LogP contribution in [0.25, 0.3) is 10.9 Å². The van der Waals surface area contributed by atoms with Gasteiger partial charge in [0.15, 0.2) is 6.10 Å². The maximum Gasteiger partial charge on any atom is 0.418 e. The molecule has 5 rings (SSSR count). The van der Waals surface area contributed by atoms with Gasteiger partial charge in [-0.15, -0.1) is 0 Å². The summed E-state index contributed by atoms with van der Waals surface area (Å²) in [4.78, 5) is 11.8. The first-order chi connectivity index (χ1) is 16.7. The molecule has 1 fully saturated rings. The smallest absolute Gasteiger partial charge is 0.379 e. The largest absolute Gasteiger partial charge is 0.418 e. The van der Waals surface area contributed by atoms with Crippen molar-refractivity contribution in [1.29, 1.82) is 0 Å². The molecule has 1 aliphatic heterocycles. The number of hydrogen-bond acceptors (Lipinski definition) is 6. The Morgan fingerprint density at radius 1 is 1.06 bits per heavy atom. The van der Waals surface area contributed by atoms with Gasteiger partial charge in [-0.3, -0.25) is 0 Å². The minimum Gasteiger partial charge on any atom is -0.379 e. The Kier molecular flexibility index (Phi) is 6.31. The van der Waals surface area contributed by atoms with E-state index in [0.29, 0.717) is 30.4 Å². The number of benzene rings is 2. The maximum atomic E-state index is 13.0. The number of nitrogens with one attached hydrogen (secondary N) is 1. The summed E-state index contributed by atoms with van der Waals surface area (Å²) < 4.78 is 44.7. The molecule has 0 amide bonds. The lowest BCUT2D eigenvalue weighted by atomic mass is 10.0. The third-order valence-corrected chi connectivity index (χ3v) is 6.89. The molecule has 1 saturated heterocycles. The number of ether oxygens (including phenoxy) is 1. The molecule has 2 aromatic carbocycles. The third-order valence-electron chi connectivity index (χ3n) is 6.89. The van der Waals surface area contributed by atoms with Gasteiger partial charge < -0.3 is 20.1 Å². The molecule has 2 aliphatic rings. The fraction of sp³-hybridized carbons (Fsp3) is 0.462. The fourth-order valence-electron chi connectivity index (χ4n) is 5.13. The summed E-state index contributed by atoms with van der Waals surface area (Å²) in [5, 5.41) is 14.0. The molecule has 0 spiro atoms. The van der Waals surface area contributed by atoms with Crippen LogP contribution < -0.4 is 10.2 Å². The zero-order chi connectivity index (χ0) is 24.7. The van der Waals surface area contributed by atoms with Crippen molar-refractivity contribution in [2.75, 3.05) is 36.5 Å². The minimum atomic E-state index is -4.72. The van der Waals surface area contributed by atoms with E-state index in [-0.39, 0.29) is 11.6 Å². The predicted molar refractivity (Wildman–Crippen MR) is 129 cm³/mol. The van der Waals surface area contributed by atoms with Crippen LogP contribution in [0.3, 0.4) is 0 Å². The minimum absolute atomic E-state index is 0.181. The van der Waals surface area contributed by atoms with Crippen LogP contribution in [0, 0.1) is 6.92 Å². The molecule has 2 N–H and O–H groups in total. The zero-order valence-corrected chi connectivity index (χ0v) is 19.8. The number of alkyl halides is 3. The van der Waals surface area contributed by atoms with E-state index in [0.717, 1.165) is 43.3 Å². The number of anilines is 2. The average molecular weight is 487 g/mol. The lowest BCUT2D eigenvalue weighted by Gasteiger charge is -2.31. The van der Waals surface area contributed by atoms with E-state index < -0.39 is 12.3 Å². The van der Waals surface area contributed by atoms with Gasteiger partial charge in [-0.05, 0) is 61.4 Å². The number of hydrogen-bond donors (Lipinski definition) is 2. The molecule has 1 aliphatic carbocycles. The normalized spacial score (nSPS) is 17.9. The predicted octanol–water partition coefficient (Wildman–Crippen LogP) is 5.03. The Hall–Kier alpha value is -2.91. The highest BCUT2D eigenvalue weighted by atomic mass is 19.4. The quantitative estimate of drug-likeness (QED) is 0.527. The van der Waals surface area contributed by atoms with E-state index in [9.17, 15) is 18.3 Å². The van der Waals surface area contributed by atoms with E-state index in [1.807, 2.05) is 13.8 Å². The second-order valence-corrected chi connectivity index (χ2v) is 9.30. The number of nitrogens with zero attached hydrogens (tertiary/aromatic N) is 3. The number of rotatable bonds is 5. The molecule has 186 valence electrons. The van der Waals surface area contributed by atoms with E-state index in [1.165, 1.54) is 35.0 Å². The van der Waals surface area contributed by atoms with Crippen molar-refractivity contribution in [2.45, 2.75) is 51.4 Å². The van der Waals surface area contributed by atoms with Crippen LogP contribution >= 0.6 is 0 Å². The van der Waals surface area contributed by atoms with Gasteiger partial charge in [-0.25, -0.2) is 9.97 Å². The highest BCUT2D eigenvalue weighted by Gasteiger charge is 2.39. The number of aryl methyl sites for hydroxylation is 2. The first kappa shape index (κ1) is 23.8. The average Bonchev–Trinajstić information content (AvgIpc) is 3.33. The molecular weight excluding hydrogens is 457 g/mol. The van der Waals surface area contributed by atoms with Crippen LogP contribution in [0.2, 0.25) is 0 Å². The van der Waals surface area contributed by atoms with Crippen molar-refractivity contribution in [1.82, 2.24) is 9.97 Å². The number of aliphatic hydroxyl groups excluding tert-OH is 1. The van der Waals surface area contributed by atoms with Gasteiger partial charge in [0, 0.05) is 30.2 Å². The number of morpholine rings is 1. The topological polar surface area (TPSA) is 70.5 Å². The lowest BCUT2D eigenvalue weighted by molar-refractivity contribution is -0.206. The van der Waals surface area contributed by atoms with Crippen LogP contribution in [-0.2, 0) is 17.6 Å². The van der Waals surface area contributed by atoms with Gasteiger partial charge in [0.05, 0.1) is 18.7 Å². The third kappa shape index (κ3) is 4.67.